The van der Waals surface area contributed by atoms with E-state index in [-0.39, 0.29) is 18.6 Å². The third kappa shape index (κ3) is 3.94. The number of amides is 1. The van der Waals surface area contributed by atoms with Crippen LogP contribution in [0, 0.1) is 13.8 Å². The first-order valence-electron chi connectivity index (χ1n) is 9.83. The summed E-state index contributed by atoms with van der Waals surface area (Å²) in [5, 5.41) is 6.10. The summed E-state index contributed by atoms with van der Waals surface area (Å²) < 4.78 is 16.6. The topological polar surface area (TPSA) is 64.3 Å². The van der Waals surface area contributed by atoms with Crippen LogP contribution in [0.4, 0.5) is 0 Å². The Kier molecular flexibility index (Phi) is 5.57. The molecule has 6 nitrogen and oxygen atoms in total. The number of nitrogens with zero attached hydrogens (tertiary/aromatic N) is 2. The second-order valence-corrected chi connectivity index (χ2v) is 7.24. The van der Waals surface area contributed by atoms with E-state index in [9.17, 15) is 4.79 Å². The summed E-state index contributed by atoms with van der Waals surface area (Å²) in [6.07, 6.45) is 2.17. The average molecular weight is 404 g/mol. The second kappa shape index (κ2) is 8.45. The van der Waals surface area contributed by atoms with Gasteiger partial charge in [0.1, 0.15) is 23.3 Å². The van der Waals surface area contributed by atoms with Crippen molar-refractivity contribution in [1.82, 2.24) is 5.01 Å². The third-order valence-corrected chi connectivity index (χ3v) is 5.37. The van der Waals surface area contributed by atoms with Crippen LogP contribution in [0.2, 0.25) is 0 Å². The fourth-order valence-electron chi connectivity index (χ4n) is 3.49. The Labute approximate surface area is 175 Å². The van der Waals surface area contributed by atoms with Crippen molar-refractivity contribution in [3.05, 3.63) is 83.3 Å². The van der Waals surface area contributed by atoms with E-state index in [1.165, 1.54) is 5.01 Å². The molecule has 2 heterocycles. The summed E-state index contributed by atoms with van der Waals surface area (Å²) in [5.41, 5.74) is 3.91. The summed E-state index contributed by atoms with van der Waals surface area (Å²) in [5.74, 6) is 1.95. The molecule has 0 fully saturated rings. The van der Waals surface area contributed by atoms with Crippen LogP contribution in [0.25, 0.3) is 0 Å². The molecule has 0 unspecified atom stereocenters. The number of rotatable bonds is 6. The zero-order valence-electron chi connectivity index (χ0n) is 17.3. The van der Waals surface area contributed by atoms with Gasteiger partial charge in [0.15, 0.2) is 6.61 Å². The lowest BCUT2D eigenvalue weighted by atomic mass is 10.0. The highest BCUT2D eigenvalue weighted by atomic mass is 16.5. The van der Waals surface area contributed by atoms with E-state index in [1.54, 1.807) is 13.4 Å². The molecule has 0 radical (unpaired) electrons. The van der Waals surface area contributed by atoms with Gasteiger partial charge in [0.05, 0.1) is 19.1 Å². The molecule has 2 aromatic carbocycles. The minimum Gasteiger partial charge on any atom is -0.497 e. The Hall–Kier alpha value is -3.54. The van der Waals surface area contributed by atoms with Gasteiger partial charge < -0.3 is 13.9 Å². The first kappa shape index (κ1) is 19.8. The Morgan fingerprint density at radius 1 is 1.13 bits per heavy atom. The first-order chi connectivity index (χ1) is 14.6. The summed E-state index contributed by atoms with van der Waals surface area (Å²) >= 11 is 0. The van der Waals surface area contributed by atoms with Crippen molar-refractivity contribution < 1.29 is 18.7 Å². The van der Waals surface area contributed by atoms with Crippen molar-refractivity contribution in [1.29, 1.82) is 0 Å². The van der Waals surface area contributed by atoms with Gasteiger partial charge in [-0.25, -0.2) is 5.01 Å². The van der Waals surface area contributed by atoms with Crippen molar-refractivity contribution >= 4 is 11.6 Å². The van der Waals surface area contributed by atoms with Gasteiger partial charge in [0.2, 0.25) is 0 Å². The van der Waals surface area contributed by atoms with E-state index in [4.69, 9.17) is 13.9 Å². The molecular formula is C24H24N2O4. The average Bonchev–Trinajstić information content (AvgIpc) is 3.44. The molecule has 1 amide bonds. The van der Waals surface area contributed by atoms with Gasteiger partial charge in [0.25, 0.3) is 5.91 Å². The predicted molar refractivity (Wildman–Crippen MR) is 114 cm³/mol. The maximum atomic E-state index is 13.0. The van der Waals surface area contributed by atoms with E-state index in [2.05, 4.69) is 5.10 Å². The van der Waals surface area contributed by atoms with Crippen molar-refractivity contribution in [3.63, 3.8) is 0 Å². The molecule has 0 bridgehead atoms. The molecular weight excluding hydrogens is 380 g/mol. The van der Waals surface area contributed by atoms with Crippen LogP contribution in [0.15, 0.2) is 70.4 Å². The second-order valence-electron chi connectivity index (χ2n) is 7.24. The predicted octanol–water partition coefficient (Wildman–Crippen LogP) is 4.66. The fourth-order valence-corrected chi connectivity index (χ4v) is 3.49. The van der Waals surface area contributed by atoms with Crippen molar-refractivity contribution in [2.75, 3.05) is 13.7 Å². The number of hydrazone groups is 1. The molecule has 0 saturated heterocycles. The number of ether oxygens (including phenoxy) is 2. The highest BCUT2D eigenvalue weighted by molar-refractivity contribution is 6.03. The van der Waals surface area contributed by atoms with E-state index >= 15 is 0 Å². The summed E-state index contributed by atoms with van der Waals surface area (Å²) in [6.45, 7) is 3.90. The smallest absolute Gasteiger partial charge is 0.281 e. The van der Waals surface area contributed by atoms with Gasteiger partial charge in [-0.1, -0.05) is 12.1 Å². The largest absolute Gasteiger partial charge is 0.497 e. The van der Waals surface area contributed by atoms with E-state index < -0.39 is 0 Å². The maximum absolute atomic E-state index is 13.0. The number of aryl methyl sites for hydroxylation is 1. The number of furan rings is 1. The van der Waals surface area contributed by atoms with Crippen LogP contribution in [0.3, 0.4) is 0 Å². The minimum atomic E-state index is -0.299. The van der Waals surface area contributed by atoms with Crippen LogP contribution in [-0.4, -0.2) is 30.3 Å². The molecule has 4 rings (SSSR count). The van der Waals surface area contributed by atoms with Gasteiger partial charge in [-0.2, -0.15) is 5.10 Å². The van der Waals surface area contributed by atoms with Crippen LogP contribution in [-0.2, 0) is 4.79 Å². The van der Waals surface area contributed by atoms with E-state index in [0.717, 1.165) is 28.2 Å². The maximum Gasteiger partial charge on any atom is 0.281 e. The number of hydrogen-bond donors (Lipinski definition) is 0. The van der Waals surface area contributed by atoms with Crippen LogP contribution in [0.1, 0.15) is 34.9 Å². The molecule has 0 aliphatic carbocycles. The van der Waals surface area contributed by atoms with Gasteiger partial charge in [0, 0.05) is 6.42 Å². The Bertz CT molecular complexity index is 1060. The lowest BCUT2D eigenvalue weighted by Crippen LogP contribution is -2.31. The van der Waals surface area contributed by atoms with Crippen molar-refractivity contribution in [3.8, 4) is 11.5 Å². The number of hydrogen-bond acceptors (Lipinski definition) is 5. The van der Waals surface area contributed by atoms with Crippen LogP contribution in [0.5, 0.6) is 11.5 Å². The standard InChI is InChI=1S/C24H24N2O4/c1-16-6-4-7-22(17(16)2)30-15-24(27)26-21(23-8-5-13-29-23)14-20(25-26)18-9-11-19(28-3)12-10-18/h4-13,21H,14-15H2,1-3H3/t21-/m0/s1. The van der Waals surface area contributed by atoms with Crippen LogP contribution >= 0.6 is 0 Å². The molecule has 6 heteroatoms. The van der Waals surface area contributed by atoms with Crippen molar-refractivity contribution in [2.45, 2.75) is 26.3 Å². The molecule has 0 saturated carbocycles. The molecule has 3 aromatic rings. The first-order valence-corrected chi connectivity index (χ1v) is 9.83. The molecule has 154 valence electrons. The fraction of sp³-hybridized carbons (Fsp3) is 0.250. The van der Waals surface area contributed by atoms with E-state index in [0.29, 0.717) is 17.9 Å². The van der Waals surface area contributed by atoms with Gasteiger partial charge in [-0.05, 0) is 73.0 Å². The molecule has 0 N–H and O–H groups in total. The molecule has 1 aliphatic heterocycles. The van der Waals surface area contributed by atoms with E-state index in [1.807, 2.05) is 68.4 Å². The SMILES string of the molecule is COc1ccc(C2=NN(C(=O)COc3cccc(C)c3C)[C@H](c3ccco3)C2)cc1. The minimum absolute atomic E-state index is 0.0963. The Balaban J connectivity index is 1.56. The van der Waals surface area contributed by atoms with Gasteiger partial charge in [-0.3, -0.25) is 4.79 Å². The molecule has 30 heavy (non-hydrogen) atoms. The highest BCUT2D eigenvalue weighted by Crippen LogP contribution is 2.33. The zero-order valence-corrected chi connectivity index (χ0v) is 17.3. The summed E-state index contributed by atoms with van der Waals surface area (Å²) in [7, 11) is 1.63. The number of benzene rings is 2. The number of carbonyl (C=O) groups is 1. The van der Waals surface area contributed by atoms with Gasteiger partial charge in [-0.15, -0.1) is 0 Å². The monoisotopic (exact) mass is 404 g/mol. The van der Waals surface area contributed by atoms with Gasteiger partial charge >= 0.3 is 0 Å². The molecule has 1 aromatic heterocycles. The summed E-state index contributed by atoms with van der Waals surface area (Å²) in [4.78, 5) is 13.0. The zero-order chi connectivity index (χ0) is 21.1. The Morgan fingerprint density at radius 3 is 2.63 bits per heavy atom. The Morgan fingerprint density at radius 2 is 1.93 bits per heavy atom. The lowest BCUT2D eigenvalue weighted by molar-refractivity contribution is -0.135. The number of methoxy groups -OCH3 is 1. The third-order valence-electron chi connectivity index (χ3n) is 5.37. The molecule has 1 atom stereocenters. The molecule has 0 spiro atoms. The molecule has 1 aliphatic rings. The number of carbonyl (C=O) groups excluding carboxylic acids is 1. The highest BCUT2D eigenvalue weighted by Gasteiger charge is 2.35. The lowest BCUT2D eigenvalue weighted by Gasteiger charge is -2.20. The normalized spacial score (nSPS) is 15.8. The quantitative estimate of drug-likeness (QED) is 0.599. The van der Waals surface area contributed by atoms with Crippen molar-refractivity contribution in [2.24, 2.45) is 5.10 Å². The summed E-state index contributed by atoms with van der Waals surface area (Å²) in [6, 6.07) is 16.8. The van der Waals surface area contributed by atoms with Crippen LogP contribution < -0.4 is 9.47 Å².